The lowest BCUT2D eigenvalue weighted by atomic mass is 10.3. The quantitative estimate of drug-likeness (QED) is 0.379. The van der Waals surface area contributed by atoms with Gasteiger partial charge < -0.3 is 19.2 Å². The van der Waals surface area contributed by atoms with Crippen LogP contribution in [-0.4, -0.2) is 30.1 Å². The van der Waals surface area contributed by atoms with E-state index in [1.54, 1.807) is 26.0 Å². The summed E-state index contributed by atoms with van der Waals surface area (Å²) in [6.45, 7) is 3.60. The molecule has 7 heteroatoms. The number of nitrogens with zero attached hydrogens (tertiary/aromatic N) is 1. The van der Waals surface area contributed by atoms with Crippen molar-refractivity contribution in [3.8, 4) is 0 Å². The van der Waals surface area contributed by atoms with Crippen molar-refractivity contribution in [2.24, 2.45) is 0 Å². The highest BCUT2D eigenvalue weighted by molar-refractivity contribution is 6.14. The van der Waals surface area contributed by atoms with Crippen LogP contribution in [0.5, 0.6) is 0 Å². The molecule has 0 spiro atoms. The summed E-state index contributed by atoms with van der Waals surface area (Å²) >= 11 is 0. The van der Waals surface area contributed by atoms with Gasteiger partial charge in [0.1, 0.15) is 5.52 Å². The second-order valence-corrected chi connectivity index (χ2v) is 4.13. The Morgan fingerprint density at radius 2 is 1.82 bits per heavy atom. The van der Waals surface area contributed by atoms with Crippen molar-refractivity contribution in [1.29, 1.82) is 0 Å². The monoisotopic (exact) mass is 304 g/mol. The van der Waals surface area contributed by atoms with Crippen molar-refractivity contribution >= 4 is 29.1 Å². The average Bonchev–Trinajstić information content (AvgIpc) is 2.90. The van der Waals surface area contributed by atoms with Crippen molar-refractivity contribution in [2.75, 3.05) is 18.5 Å². The summed E-state index contributed by atoms with van der Waals surface area (Å²) in [6.07, 6.45) is 1.17. The Balaban J connectivity index is 2.20. The van der Waals surface area contributed by atoms with Crippen LogP contribution in [0.1, 0.15) is 13.8 Å². The van der Waals surface area contributed by atoms with Crippen molar-refractivity contribution in [3.05, 3.63) is 36.0 Å². The molecule has 1 N–H and O–H groups in total. The molecule has 0 atom stereocenters. The van der Waals surface area contributed by atoms with Crippen LogP contribution in [0.3, 0.4) is 0 Å². The summed E-state index contributed by atoms with van der Waals surface area (Å²) in [7, 11) is 0. The highest BCUT2D eigenvalue weighted by Crippen LogP contribution is 2.18. The van der Waals surface area contributed by atoms with Crippen LogP contribution in [0, 0.1) is 0 Å². The molecule has 116 valence electrons. The van der Waals surface area contributed by atoms with Gasteiger partial charge in [0.2, 0.25) is 0 Å². The molecular formula is C15H16N2O5. The van der Waals surface area contributed by atoms with Gasteiger partial charge in [-0.25, -0.2) is 9.59 Å². The van der Waals surface area contributed by atoms with Crippen molar-refractivity contribution < 1.29 is 23.5 Å². The van der Waals surface area contributed by atoms with Crippen LogP contribution < -0.4 is 5.32 Å². The van der Waals surface area contributed by atoms with E-state index < -0.39 is 11.9 Å². The van der Waals surface area contributed by atoms with Crippen LogP contribution in [0.4, 0.5) is 6.01 Å². The van der Waals surface area contributed by atoms with E-state index in [2.05, 4.69) is 10.3 Å². The van der Waals surface area contributed by atoms with Gasteiger partial charge in [0.05, 0.1) is 13.2 Å². The number of fused-ring (bicyclic) bond motifs is 1. The van der Waals surface area contributed by atoms with Gasteiger partial charge >= 0.3 is 11.9 Å². The van der Waals surface area contributed by atoms with Gasteiger partial charge in [-0.2, -0.15) is 4.98 Å². The van der Waals surface area contributed by atoms with Gasteiger partial charge in [0.15, 0.2) is 11.2 Å². The molecule has 1 heterocycles. The number of nitrogens with one attached hydrogen (secondary N) is 1. The standard InChI is InChI=1S/C15H16N2O5/c1-3-20-13(18)10(14(19)21-4-2)9-16-15-17-11-7-5-6-8-12(11)22-15/h5-9H,3-4H2,1-2H3,(H,16,17). The Morgan fingerprint density at radius 1 is 1.18 bits per heavy atom. The zero-order valence-electron chi connectivity index (χ0n) is 12.3. The van der Waals surface area contributed by atoms with Crippen LogP contribution in [-0.2, 0) is 19.1 Å². The van der Waals surface area contributed by atoms with E-state index in [-0.39, 0.29) is 24.8 Å². The van der Waals surface area contributed by atoms with E-state index in [0.29, 0.717) is 11.1 Å². The van der Waals surface area contributed by atoms with Crippen molar-refractivity contribution in [3.63, 3.8) is 0 Å². The molecule has 0 bridgehead atoms. The van der Waals surface area contributed by atoms with Gasteiger partial charge in [-0.1, -0.05) is 12.1 Å². The molecule has 2 rings (SSSR count). The number of benzene rings is 1. The van der Waals surface area contributed by atoms with Crippen molar-refractivity contribution in [2.45, 2.75) is 13.8 Å². The Hall–Kier alpha value is -2.83. The highest BCUT2D eigenvalue weighted by atomic mass is 16.6. The predicted octanol–water partition coefficient (Wildman–Crippen LogP) is 2.25. The zero-order chi connectivity index (χ0) is 15.9. The number of esters is 2. The fourth-order valence-corrected chi connectivity index (χ4v) is 1.69. The first kappa shape index (κ1) is 15.6. The normalized spacial score (nSPS) is 10.1. The summed E-state index contributed by atoms with van der Waals surface area (Å²) in [5.41, 5.74) is 0.991. The lowest BCUT2D eigenvalue weighted by molar-refractivity contribution is -0.146. The van der Waals surface area contributed by atoms with Crippen LogP contribution in [0.25, 0.3) is 11.1 Å². The Kier molecular flexibility index (Phi) is 5.13. The Bertz CT molecular complexity index is 652. The fraction of sp³-hybridized carbons (Fsp3) is 0.267. The molecule has 22 heavy (non-hydrogen) atoms. The molecule has 0 fully saturated rings. The average molecular weight is 304 g/mol. The molecule has 2 aromatic rings. The molecule has 0 saturated carbocycles. The highest BCUT2D eigenvalue weighted by Gasteiger charge is 2.21. The Morgan fingerprint density at radius 3 is 2.41 bits per heavy atom. The lowest BCUT2D eigenvalue weighted by Gasteiger charge is -2.06. The maximum atomic E-state index is 11.8. The number of para-hydroxylation sites is 2. The minimum Gasteiger partial charge on any atom is -0.462 e. The van der Waals surface area contributed by atoms with Gasteiger partial charge in [-0.05, 0) is 26.0 Å². The Labute approximate surface area is 126 Å². The van der Waals surface area contributed by atoms with E-state index in [1.165, 1.54) is 6.20 Å². The summed E-state index contributed by atoms with van der Waals surface area (Å²) in [6, 6.07) is 7.34. The summed E-state index contributed by atoms with van der Waals surface area (Å²) in [5.74, 6) is -1.55. The summed E-state index contributed by atoms with van der Waals surface area (Å²) in [5, 5.41) is 2.67. The van der Waals surface area contributed by atoms with Gasteiger partial charge in [-0.15, -0.1) is 0 Å². The SMILES string of the molecule is CCOC(=O)C(=CNc1nc2ccccc2o1)C(=O)OCC. The molecule has 0 aliphatic carbocycles. The topological polar surface area (TPSA) is 90.7 Å². The van der Waals surface area contributed by atoms with Crippen molar-refractivity contribution in [1.82, 2.24) is 4.98 Å². The molecule has 0 unspecified atom stereocenters. The molecule has 0 aliphatic heterocycles. The first-order chi connectivity index (χ1) is 10.7. The molecule has 0 radical (unpaired) electrons. The molecule has 0 aliphatic rings. The summed E-state index contributed by atoms with van der Waals surface area (Å²) < 4.78 is 15.1. The zero-order valence-corrected chi connectivity index (χ0v) is 12.3. The van der Waals surface area contributed by atoms with Gasteiger partial charge in [0.25, 0.3) is 6.01 Å². The maximum Gasteiger partial charge on any atom is 0.347 e. The third-order valence-electron chi connectivity index (χ3n) is 2.62. The number of rotatable bonds is 6. The number of ether oxygens (including phenoxy) is 2. The maximum absolute atomic E-state index is 11.8. The third-order valence-corrected chi connectivity index (χ3v) is 2.62. The summed E-state index contributed by atoms with van der Waals surface area (Å²) in [4.78, 5) is 27.7. The number of hydrogen-bond acceptors (Lipinski definition) is 7. The number of hydrogen-bond donors (Lipinski definition) is 1. The van der Waals surface area contributed by atoms with E-state index >= 15 is 0 Å². The van der Waals surface area contributed by atoms with Crippen LogP contribution >= 0.6 is 0 Å². The van der Waals surface area contributed by atoms with E-state index in [9.17, 15) is 9.59 Å². The molecular weight excluding hydrogens is 288 g/mol. The second kappa shape index (κ2) is 7.26. The number of carbonyl (C=O) groups is 2. The minimum atomic E-state index is -0.774. The smallest absolute Gasteiger partial charge is 0.347 e. The molecule has 7 nitrogen and oxygen atoms in total. The second-order valence-electron chi connectivity index (χ2n) is 4.13. The number of anilines is 1. The van der Waals surface area contributed by atoms with E-state index in [1.807, 2.05) is 12.1 Å². The number of oxazole rings is 1. The van der Waals surface area contributed by atoms with E-state index in [0.717, 1.165) is 0 Å². The first-order valence-corrected chi connectivity index (χ1v) is 6.82. The third kappa shape index (κ3) is 3.63. The molecule has 1 aromatic carbocycles. The lowest BCUT2D eigenvalue weighted by Crippen LogP contribution is -2.19. The molecule has 0 amide bonds. The number of carbonyl (C=O) groups excluding carboxylic acids is 2. The van der Waals surface area contributed by atoms with Crippen LogP contribution in [0.2, 0.25) is 0 Å². The van der Waals surface area contributed by atoms with Crippen LogP contribution in [0.15, 0.2) is 40.5 Å². The fourth-order valence-electron chi connectivity index (χ4n) is 1.69. The number of aromatic nitrogens is 1. The largest absolute Gasteiger partial charge is 0.462 e. The van der Waals surface area contributed by atoms with E-state index in [4.69, 9.17) is 13.9 Å². The molecule has 1 aromatic heterocycles. The van der Waals surface area contributed by atoms with Gasteiger partial charge in [0, 0.05) is 6.20 Å². The first-order valence-electron chi connectivity index (χ1n) is 6.82. The molecule has 0 saturated heterocycles. The predicted molar refractivity (Wildman–Crippen MR) is 79.0 cm³/mol. The minimum absolute atomic E-state index is 0.151. The van der Waals surface area contributed by atoms with Gasteiger partial charge in [-0.3, -0.25) is 0 Å².